The lowest BCUT2D eigenvalue weighted by Crippen LogP contribution is -2.48. The quantitative estimate of drug-likeness (QED) is 0.309. The molecule has 0 atom stereocenters. The number of unbranched alkanes of at least 4 members (excludes halogenated alkanes) is 3. The van der Waals surface area contributed by atoms with Gasteiger partial charge in [-0.15, -0.1) is 0 Å². The second-order valence-electron chi connectivity index (χ2n) is 5.90. The summed E-state index contributed by atoms with van der Waals surface area (Å²) in [4.78, 5) is 24.0. The Kier molecular flexibility index (Phi) is 8.96. The maximum Gasteiger partial charge on any atom is 0.293 e. The summed E-state index contributed by atoms with van der Waals surface area (Å²) in [5.41, 5.74) is 5.32. The normalized spacial score (nSPS) is 10.2. The van der Waals surface area contributed by atoms with Crippen molar-refractivity contribution in [1.29, 1.82) is 0 Å². The van der Waals surface area contributed by atoms with Gasteiger partial charge in [-0.2, -0.15) is 0 Å². The second-order valence-corrected chi connectivity index (χ2v) is 7.09. The first-order chi connectivity index (χ1) is 13.5. The van der Waals surface area contributed by atoms with E-state index in [2.05, 4.69) is 39.0 Å². The van der Waals surface area contributed by atoms with Crippen molar-refractivity contribution >= 4 is 45.1 Å². The molecule has 9 heteroatoms. The van der Waals surface area contributed by atoms with E-state index in [-0.39, 0.29) is 10.9 Å². The molecule has 3 N–H and O–H groups in total. The number of hydrogen-bond acceptors (Lipinski definition) is 5. The topological polar surface area (TPSA) is 92.6 Å². The zero-order valence-corrected chi connectivity index (χ0v) is 17.8. The number of carbonyl (C=O) groups excluding carboxylic acids is 2. The van der Waals surface area contributed by atoms with Crippen molar-refractivity contribution < 1.29 is 18.7 Å². The zero-order valence-electron chi connectivity index (χ0n) is 15.4. The zero-order chi connectivity index (χ0) is 20.4. The van der Waals surface area contributed by atoms with Crippen molar-refractivity contribution in [1.82, 2.24) is 16.2 Å². The van der Waals surface area contributed by atoms with Gasteiger partial charge in [0.05, 0.1) is 6.61 Å². The Morgan fingerprint density at radius 2 is 1.79 bits per heavy atom. The highest BCUT2D eigenvalue weighted by Gasteiger charge is 2.13. The van der Waals surface area contributed by atoms with Crippen LogP contribution in [0.25, 0.3) is 0 Å². The standard InChI is InChI=1S/C19H22BrN3O4S/c1-2-3-4-5-12-26-14-8-6-13(7-9-14)17(24)22-23-19(28)21-18(25)15-10-11-16(20)27-15/h6-11H,2-5,12H2,1H3,(H,22,24)(H2,21,23,25,28). The van der Waals surface area contributed by atoms with Gasteiger partial charge in [-0.1, -0.05) is 26.2 Å². The van der Waals surface area contributed by atoms with Crippen LogP contribution >= 0.6 is 28.1 Å². The molecule has 1 aromatic heterocycles. The first kappa shape index (κ1) is 21.9. The number of carbonyl (C=O) groups is 2. The van der Waals surface area contributed by atoms with Crippen molar-refractivity contribution in [3.8, 4) is 5.75 Å². The SMILES string of the molecule is CCCCCCOc1ccc(C(=O)NNC(=S)NC(=O)c2ccc(Br)o2)cc1. The number of thiocarbonyl (C=S) groups is 1. The molecular formula is C19H22BrN3O4S. The van der Waals surface area contributed by atoms with Crippen LogP contribution < -0.4 is 20.9 Å². The highest BCUT2D eigenvalue weighted by atomic mass is 79.9. The molecule has 150 valence electrons. The van der Waals surface area contributed by atoms with Gasteiger partial charge in [-0.05, 0) is 71.0 Å². The molecule has 2 amide bonds. The minimum Gasteiger partial charge on any atom is -0.494 e. The molecule has 2 aromatic rings. The number of benzene rings is 1. The van der Waals surface area contributed by atoms with Gasteiger partial charge in [0.25, 0.3) is 11.8 Å². The minimum atomic E-state index is -0.530. The average Bonchev–Trinajstić information content (AvgIpc) is 3.13. The van der Waals surface area contributed by atoms with Crippen LogP contribution in [-0.2, 0) is 0 Å². The number of ether oxygens (including phenoxy) is 1. The predicted octanol–water partition coefficient (Wildman–Crippen LogP) is 3.95. The van der Waals surface area contributed by atoms with E-state index in [9.17, 15) is 9.59 Å². The molecule has 0 radical (unpaired) electrons. The number of hydrogen-bond donors (Lipinski definition) is 3. The van der Waals surface area contributed by atoms with Crippen LogP contribution in [0.2, 0.25) is 0 Å². The summed E-state index contributed by atoms with van der Waals surface area (Å²) in [5, 5.41) is 2.34. The van der Waals surface area contributed by atoms with E-state index in [0.29, 0.717) is 22.6 Å². The van der Waals surface area contributed by atoms with Crippen LogP contribution in [0.1, 0.15) is 53.5 Å². The van der Waals surface area contributed by atoms with E-state index in [1.165, 1.54) is 18.9 Å². The molecule has 0 unspecified atom stereocenters. The largest absolute Gasteiger partial charge is 0.494 e. The van der Waals surface area contributed by atoms with Crippen LogP contribution in [0.3, 0.4) is 0 Å². The molecule has 0 bridgehead atoms. The molecule has 0 spiro atoms. The lowest BCUT2D eigenvalue weighted by molar-refractivity contribution is 0.0926. The van der Waals surface area contributed by atoms with Crippen molar-refractivity contribution in [3.63, 3.8) is 0 Å². The molecule has 1 heterocycles. The van der Waals surface area contributed by atoms with E-state index in [0.717, 1.165) is 12.8 Å². The third-order valence-electron chi connectivity index (χ3n) is 3.70. The first-order valence-electron chi connectivity index (χ1n) is 8.89. The number of nitrogens with one attached hydrogen (secondary N) is 3. The van der Waals surface area contributed by atoms with Crippen LogP contribution in [0.5, 0.6) is 5.75 Å². The third-order valence-corrected chi connectivity index (χ3v) is 4.33. The lowest BCUT2D eigenvalue weighted by atomic mass is 10.2. The van der Waals surface area contributed by atoms with Crippen molar-refractivity contribution in [2.24, 2.45) is 0 Å². The first-order valence-corrected chi connectivity index (χ1v) is 10.1. The van der Waals surface area contributed by atoms with Gasteiger partial charge < -0.3 is 9.15 Å². The molecule has 0 aliphatic heterocycles. The van der Waals surface area contributed by atoms with Gasteiger partial charge >= 0.3 is 0 Å². The van der Waals surface area contributed by atoms with E-state index < -0.39 is 11.8 Å². The number of hydrazine groups is 1. The van der Waals surface area contributed by atoms with Gasteiger partial charge in [0.15, 0.2) is 15.5 Å². The Morgan fingerprint density at radius 3 is 2.43 bits per heavy atom. The summed E-state index contributed by atoms with van der Waals surface area (Å²) in [5.74, 6) is -0.120. The fourth-order valence-corrected chi connectivity index (χ4v) is 2.69. The van der Waals surface area contributed by atoms with Crippen LogP contribution in [-0.4, -0.2) is 23.5 Å². The van der Waals surface area contributed by atoms with Crippen molar-refractivity contribution in [2.45, 2.75) is 32.6 Å². The Balaban J connectivity index is 1.73. The molecule has 0 saturated carbocycles. The summed E-state index contributed by atoms with van der Waals surface area (Å²) < 4.78 is 11.2. The number of furan rings is 1. The van der Waals surface area contributed by atoms with Gasteiger partial charge in [0, 0.05) is 5.56 Å². The fourth-order valence-electron chi connectivity index (χ4n) is 2.24. The van der Waals surface area contributed by atoms with Crippen molar-refractivity contribution in [3.05, 3.63) is 52.4 Å². The monoisotopic (exact) mass is 467 g/mol. The Morgan fingerprint density at radius 1 is 1.04 bits per heavy atom. The number of halogens is 1. The minimum absolute atomic E-state index is 0.0575. The van der Waals surface area contributed by atoms with Crippen LogP contribution in [0.15, 0.2) is 45.5 Å². The molecule has 0 saturated heterocycles. The summed E-state index contributed by atoms with van der Waals surface area (Å²) in [6.07, 6.45) is 4.55. The highest BCUT2D eigenvalue weighted by Crippen LogP contribution is 2.14. The summed E-state index contributed by atoms with van der Waals surface area (Å²) in [6, 6.07) is 9.87. The summed E-state index contributed by atoms with van der Waals surface area (Å²) >= 11 is 8.08. The molecule has 0 fully saturated rings. The predicted molar refractivity (Wildman–Crippen MR) is 113 cm³/mol. The molecule has 0 aliphatic carbocycles. The second kappa shape index (κ2) is 11.5. The number of rotatable bonds is 8. The maximum absolute atomic E-state index is 12.1. The molecule has 0 aliphatic rings. The highest BCUT2D eigenvalue weighted by molar-refractivity contribution is 9.10. The third kappa shape index (κ3) is 7.32. The van der Waals surface area contributed by atoms with Gasteiger partial charge in [-0.25, -0.2) is 0 Å². The molecular weight excluding hydrogens is 446 g/mol. The Labute approximate surface area is 177 Å². The van der Waals surface area contributed by atoms with E-state index in [1.54, 1.807) is 30.3 Å². The maximum atomic E-state index is 12.1. The van der Waals surface area contributed by atoms with E-state index >= 15 is 0 Å². The smallest absolute Gasteiger partial charge is 0.293 e. The van der Waals surface area contributed by atoms with Gasteiger partial charge in [-0.3, -0.25) is 25.8 Å². The summed E-state index contributed by atoms with van der Waals surface area (Å²) in [7, 11) is 0. The fraction of sp³-hybridized carbons (Fsp3) is 0.316. The lowest BCUT2D eigenvalue weighted by Gasteiger charge is -2.10. The van der Waals surface area contributed by atoms with Gasteiger partial charge in [0.1, 0.15) is 5.75 Å². The Hall–Kier alpha value is -2.39. The van der Waals surface area contributed by atoms with E-state index in [1.807, 2.05) is 0 Å². The van der Waals surface area contributed by atoms with Crippen LogP contribution in [0, 0.1) is 0 Å². The van der Waals surface area contributed by atoms with E-state index in [4.69, 9.17) is 21.4 Å². The van der Waals surface area contributed by atoms with Crippen LogP contribution in [0.4, 0.5) is 0 Å². The Bertz CT molecular complexity index is 808. The number of amides is 2. The molecule has 2 rings (SSSR count). The molecule has 28 heavy (non-hydrogen) atoms. The molecule has 7 nitrogen and oxygen atoms in total. The average molecular weight is 468 g/mol. The summed E-state index contributed by atoms with van der Waals surface area (Å²) in [6.45, 7) is 2.83. The van der Waals surface area contributed by atoms with Crippen molar-refractivity contribution in [2.75, 3.05) is 6.61 Å². The van der Waals surface area contributed by atoms with Gasteiger partial charge in [0.2, 0.25) is 0 Å². The molecule has 1 aromatic carbocycles.